The van der Waals surface area contributed by atoms with Gasteiger partial charge in [0, 0.05) is 30.5 Å². The molecule has 1 N–H and O–H groups in total. The summed E-state index contributed by atoms with van der Waals surface area (Å²) in [5, 5.41) is 5.43. The Morgan fingerprint density at radius 3 is 2.48 bits per heavy atom. The molecule has 0 aliphatic heterocycles. The van der Waals surface area contributed by atoms with E-state index >= 15 is 0 Å². The van der Waals surface area contributed by atoms with Gasteiger partial charge in [-0.15, -0.1) is 11.3 Å². The smallest absolute Gasteiger partial charge is 0.407 e. The fourth-order valence-electron chi connectivity index (χ4n) is 3.30. The Labute approximate surface area is 162 Å². The highest BCUT2D eigenvalue weighted by atomic mass is 32.1. The van der Waals surface area contributed by atoms with Crippen LogP contribution < -0.4 is 5.32 Å². The maximum Gasteiger partial charge on any atom is 0.407 e. The molecule has 0 saturated carbocycles. The lowest BCUT2D eigenvalue weighted by molar-refractivity contribution is 0.143. The van der Waals surface area contributed by atoms with Crippen molar-refractivity contribution >= 4 is 17.4 Å². The second-order valence-corrected chi connectivity index (χ2v) is 7.04. The molecule has 1 aliphatic rings. The van der Waals surface area contributed by atoms with Crippen LogP contribution in [0.25, 0.3) is 11.1 Å². The lowest BCUT2D eigenvalue weighted by Gasteiger charge is -2.14. The van der Waals surface area contributed by atoms with Crippen molar-refractivity contribution in [2.45, 2.75) is 12.3 Å². The number of fused-ring (bicyclic) bond motifs is 3. The summed E-state index contributed by atoms with van der Waals surface area (Å²) in [4.78, 5) is 16.1. The number of nitrogens with zero attached hydrogens (tertiary/aromatic N) is 1. The lowest BCUT2D eigenvalue weighted by atomic mass is 9.98. The SMILES string of the molecule is O=C(NCCC#Cc1nccs1)OCC1c2ccccc2-c2ccccc21. The average Bonchev–Trinajstić information content (AvgIpc) is 3.32. The highest BCUT2D eigenvalue weighted by molar-refractivity contribution is 7.10. The van der Waals surface area contributed by atoms with Gasteiger partial charge < -0.3 is 10.1 Å². The Hall–Kier alpha value is -3.10. The summed E-state index contributed by atoms with van der Waals surface area (Å²) in [6.45, 7) is 0.777. The van der Waals surface area contributed by atoms with Gasteiger partial charge in [-0.3, -0.25) is 0 Å². The highest BCUT2D eigenvalue weighted by Crippen LogP contribution is 2.44. The number of ether oxygens (including phenoxy) is 1. The van der Waals surface area contributed by atoms with Crippen molar-refractivity contribution < 1.29 is 9.53 Å². The van der Waals surface area contributed by atoms with Crippen molar-refractivity contribution in [1.82, 2.24) is 10.3 Å². The van der Waals surface area contributed by atoms with E-state index in [1.807, 2.05) is 29.6 Å². The first-order valence-electron chi connectivity index (χ1n) is 8.80. The molecule has 0 bridgehead atoms. The molecular weight excluding hydrogens is 356 g/mol. The number of benzene rings is 2. The van der Waals surface area contributed by atoms with E-state index in [4.69, 9.17) is 4.74 Å². The number of nitrogens with one attached hydrogen (secondary N) is 1. The van der Waals surface area contributed by atoms with Crippen LogP contribution in [0.4, 0.5) is 4.79 Å². The minimum absolute atomic E-state index is 0.0767. The number of alkyl carbamates (subject to hydrolysis) is 1. The Morgan fingerprint density at radius 2 is 1.81 bits per heavy atom. The largest absolute Gasteiger partial charge is 0.449 e. The molecule has 0 spiro atoms. The topological polar surface area (TPSA) is 51.2 Å². The number of aromatic nitrogens is 1. The molecular formula is C22H18N2O2S. The molecule has 134 valence electrons. The number of rotatable bonds is 4. The molecule has 27 heavy (non-hydrogen) atoms. The van der Waals surface area contributed by atoms with Gasteiger partial charge >= 0.3 is 6.09 Å². The second kappa shape index (κ2) is 8.07. The summed E-state index contributed by atoms with van der Waals surface area (Å²) in [5.41, 5.74) is 4.86. The zero-order valence-electron chi connectivity index (χ0n) is 14.6. The molecule has 1 heterocycles. The number of carbonyl (C=O) groups is 1. The molecule has 4 rings (SSSR count). The third-order valence-corrected chi connectivity index (χ3v) is 5.18. The molecule has 1 aliphatic carbocycles. The third kappa shape index (κ3) is 3.86. The Bertz CT molecular complexity index is 957. The van der Waals surface area contributed by atoms with E-state index in [-0.39, 0.29) is 5.92 Å². The van der Waals surface area contributed by atoms with Crippen molar-refractivity contribution in [1.29, 1.82) is 0 Å². The van der Waals surface area contributed by atoms with Gasteiger partial charge in [-0.2, -0.15) is 0 Å². The van der Waals surface area contributed by atoms with Crippen LogP contribution in [0.1, 0.15) is 28.5 Å². The van der Waals surface area contributed by atoms with E-state index < -0.39 is 6.09 Å². The molecule has 1 amide bonds. The number of carbonyl (C=O) groups excluding carboxylic acids is 1. The zero-order valence-corrected chi connectivity index (χ0v) is 15.5. The Kier molecular flexibility index (Phi) is 5.17. The van der Waals surface area contributed by atoms with E-state index in [1.165, 1.54) is 33.6 Å². The van der Waals surface area contributed by atoms with Crippen LogP contribution in [0, 0.1) is 11.8 Å². The zero-order chi connectivity index (χ0) is 18.5. The molecule has 2 aromatic carbocycles. The van der Waals surface area contributed by atoms with Crippen molar-refractivity contribution in [2.75, 3.05) is 13.2 Å². The van der Waals surface area contributed by atoms with Crippen LogP contribution in [0.2, 0.25) is 0 Å². The lowest BCUT2D eigenvalue weighted by Crippen LogP contribution is -2.26. The summed E-state index contributed by atoms with van der Waals surface area (Å²) >= 11 is 1.50. The first-order valence-corrected chi connectivity index (χ1v) is 9.68. The van der Waals surface area contributed by atoms with Gasteiger partial charge in [0.05, 0.1) is 0 Å². The molecule has 0 saturated heterocycles. The summed E-state index contributed by atoms with van der Waals surface area (Å²) in [7, 11) is 0. The molecule has 4 nitrogen and oxygen atoms in total. The van der Waals surface area contributed by atoms with Crippen molar-refractivity contribution in [3.8, 4) is 23.0 Å². The second-order valence-electron chi connectivity index (χ2n) is 6.14. The molecule has 0 fully saturated rings. The molecule has 0 atom stereocenters. The van der Waals surface area contributed by atoms with Crippen molar-refractivity contribution in [3.05, 3.63) is 76.2 Å². The minimum Gasteiger partial charge on any atom is -0.449 e. The quantitative estimate of drug-likeness (QED) is 0.543. The summed E-state index contributed by atoms with van der Waals surface area (Å²) < 4.78 is 5.48. The highest BCUT2D eigenvalue weighted by Gasteiger charge is 2.28. The van der Waals surface area contributed by atoms with E-state index in [9.17, 15) is 4.79 Å². The summed E-state index contributed by atoms with van der Waals surface area (Å²) in [5.74, 6) is 6.03. The predicted octanol–water partition coefficient (Wildman–Crippen LogP) is 4.42. The maximum atomic E-state index is 12.0. The van der Waals surface area contributed by atoms with Crippen LogP contribution >= 0.6 is 11.3 Å². The number of hydrogen-bond acceptors (Lipinski definition) is 4. The first kappa shape index (κ1) is 17.3. The molecule has 5 heteroatoms. The fourth-order valence-corrected chi connectivity index (χ4v) is 3.80. The van der Waals surface area contributed by atoms with Gasteiger partial charge in [-0.25, -0.2) is 9.78 Å². The van der Waals surface area contributed by atoms with Crippen LogP contribution in [0.3, 0.4) is 0 Å². The van der Waals surface area contributed by atoms with Gasteiger partial charge in [0.15, 0.2) is 5.01 Å². The summed E-state index contributed by atoms with van der Waals surface area (Å²) in [6, 6.07) is 16.6. The molecule has 3 aromatic rings. The molecule has 0 radical (unpaired) electrons. The first-order chi connectivity index (χ1) is 13.3. The van der Waals surface area contributed by atoms with E-state index in [1.54, 1.807) is 6.20 Å². The number of amides is 1. The van der Waals surface area contributed by atoms with E-state index in [0.717, 1.165) is 5.01 Å². The summed E-state index contributed by atoms with van der Waals surface area (Å²) in [6.07, 6.45) is 1.88. The van der Waals surface area contributed by atoms with Crippen LogP contribution in [-0.2, 0) is 4.74 Å². The van der Waals surface area contributed by atoms with Crippen LogP contribution in [-0.4, -0.2) is 24.2 Å². The monoisotopic (exact) mass is 374 g/mol. The van der Waals surface area contributed by atoms with Gasteiger partial charge in [0.1, 0.15) is 6.61 Å². The average molecular weight is 374 g/mol. The third-order valence-electron chi connectivity index (χ3n) is 4.49. The van der Waals surface area contributed by atoms with Gasteiger partial charge in [-0.1, -0.05) is 54.5 Å². The van der Waals surface area contributed by atoms with Gasteiger partial charge in [-0.05, 0) is 28.2 Å². The standard InChI is InChI=1S/C22H18N2O2S/c25-22(24-12-6-5-11-21-23-13-14-27-21)26-15-20-18-9-3-1-7-16(18)17-8-2-4-10-19(17)20/h1-4,7-10,13-14,20H,6,12,15H2,(H,24,25). The van der Waals surface area contributed by atoms with Gasteiger partial charge in [0.2, 0.25) is 0 Å². The minimum atomic E-state index is -0.409. The van der Waals surface area contributed by atoms with Crippen LogP contribution in [0.15, 0.2) is 60.1 Å². The predicted molar refractivity (Wildman–Crippen MR) is 107 cm³/mol. The van der Waals surface area contributed by atoms with Gasteiger partial charge in [0.25, 0.3) is 0 Å². The normalized spacial score (nSPS) is 11.9. The number of hydrogen-bond donors (Lipinski definition) is 1. The number of thiazole rings is 1. The van der Waals surface area contributed by atoms with Crippen molar-refractivity contribution in [2.24, 2.45) is 0 Å². The van der Waals surface area contributed by atoms with E-state index in [2.05, 4.69) is 46.4 Å². The van der Waals surface area contributed by atoms with Crippen LogP contribution in [0.5, 0.6) is 0 Å². The van der Waals surface area contributed by atoms with E-state index in [0.29, 0.717) is 19.6 Å². The van der Waals surface area contributed by atoms with Crippen molar-refractivity contribution in [3.63, 3.8) is 0 Å². The fraction of sp³-hybridized carbons (Fsp3) is 0.182. The Balaban J connectivity index is 1.31. The molecule has 1 aromatic heterocycles. The molecule has 0 unspecified atom stereocenters. The Morgan fingerprint density at radius 1 is 1.11 bits per heavy atom. The maximum absolute atomic E-state index is 12.0.